The van der Waals surface area contributed by atoms with Crippen molar-refractivity contribution in [3.8, 4) is 0 Å². The van der Waals surface area contributed by atoms with E-state index in [1.165, 1.54) is 0 Å². The second-order valence-corrected chi connectivity index (χ2v) is 3.00. The van der Waals surface area contributed by atoms with Gasteiger partial charge in [-0.05, 0) is 13.8 Å². The molecule has 0 aromatic heterocycles. The van der Waals surface area contributed by atoms with Crippen molar-refractivity contribution < 1.29 is 18.6 Å². The number of carbonyl (C=O) groups is 1. The summed E-state index contributed by atoms with van der Waals surface area (Å²) in [5.74, 6) is 0. The summed E-state index contributed by atoms with van der Waals surface area (Å²) in [6.45, 7) is 5.29. The standard InChI is InChI=1S/C6H13O4P/c1-3-9-11(10-4-2)6-8-5-7/h5H,3-4,6H2,1-2H3. The second kappa shape index (κ2) is 7.92. The van der Waals surface area contributed by atoms with Gasteiger partial charge < -0.3 is 13.8 Å². The molecule has 0 saturated heterocycles. The highest BCUT2D eigenvalue weighted by atomic mass is 31.2. The van der Waals surface area contributed by atoms with Crippen LogP contribution in [-0.4, -0.2) is 26.0 Å². The van der Waals surface area contributed by atoms with Crippen LogP contribution in [0.25, 0.3) is 0 Å². The van der Waals surface area contributed by atoms with E-state index < -0.39 is 8.38 Å². The molecule has 0 fully saturated rings. The Bertz CT molecular complexity index is 92.6. The van der Waals surface area contributed by atoms with Gasteiger partial charge in [-0.2, -0.15) is 0 Å². The Morgan fingerprint density at radius 1 is 1.27 bits per heavy atom. The molecule has 0 radical (unpaired) electrons. The molecule has 4 nitrogen and oxygen atoms in total. The molecule has 0 saturated carbocycles. The highest BCUT2D eigenvalue weighted by Gasteiger charge is 2.08. The number of rotatable bonds is 7. The summed E-state index contributed by atoms with van der Waals surface area (Å²) in [5, 5.41) is 0. The van der Waals surface area contributed by atoms with Crippen molar-refractivity contribution in [1.29, 1.82) is 0 Å². The first-order chi connectivity index (χ1) is 5.35. The number of hydrogen-bond donors (Lipinski definition) is 0. The van der Waals surface area contributed by atoms with E-state index in [1.54, 1.807) is 0 Å². The minimum Gasteiger partial charge on any atom is -0.458 e. The molecule has 0 aliphatic carbocycles. The van der Waals surface area contributed by atoms with E-state index in [1.807, 2.05) is 13.8 Å². The molecule has 5 heteroatoms. The largest absolute Gasteiger partial charge is 0.458 e. The zero-order chi connectivity index (χ0) is 8.53. The van der Waals surface area contributed by atoms with Gasteiger partial charge in [0.15, 0.2) is 6.35 Å². The van der Waals surface area contributed by atoms with E-state index >= 15 is 0 Å². The van der Waals surface area contributed by atoms with Crippen LogP contribution in [-0.2, 0) is 18.6 Å². The number of carbonyl (C=O) groups excluding carboxylic acids is 1. The second-order valence-electron chi connectivity index (χ2n) is 1.56. The molecule has 66 valence electrons. The third-order valence-electron chi connectivity index (χ3n) is 0.794. The molecule has 11 heavy (non-hydrogen) atoms. The quantitative estimate of drug-likeness (QED) is 0.440. The first-order valence-corrected chi connectivity index (χ1v) is 4.80. The fraction of sp³-hybridized carbons (Fsp3) is 0.833. The molecule has 0 amide bonds. The molecule has 0 aliphatic rings. The van der Waals surface area contributed by atoms with Crippen LogP contribution in [0.2, 0.25) is 0 Å². The van der Waals surface area contributed by atoms with Crippen LogP contribution >= 0.6 is 8.38 Å². The molecule has 0 bridgehead atoms. The van der Waals surface area contributed by atoms with Crippen molar-refractivity contribution in [3.05, 3.63) is 0 Å². The van der Waals surface area contributed by atoms with Crippen LogP contribution < -0.4 is 0 Å². The summed E-state index contributed by atoms with van der Waals surface area (Å²) in [5.41, 5.74) is 0. The fourth-order valence-corrected chi connectivity index (χ4v) is 1.47. The molecule has 0 aromatic carbocycles. The molecule has 0 aromatic rings. The molecule has 0 heterocycles. The summed E-state index contributed by atoms with van der Waals surface area (Å²) >= 11 is 0. The van der Waals surface area contributed by atoms with Crippen molar-refractivity contribution in [2.75, 3.05) is 19.6 Å². The minimum atomic E-state index is -1.02. The zero-order valence-corrected chi connectivity index (χ0v) is 7.67. The zero-order valence-electron chi connectivity index (χ0n) is 6.78. The summed E-state index contributed by atoms with van der Waals surface area (Å²) in [6, 6.07) is 0. The molecule has 0 aliphatic heterocycles. The van der Waals surface area contributed by atoms with Gasteiger partial charge in [-0.1, -0.05) is 0 Å². The van der Waals surface area contributed by atoms with Gasteiger partial charge in [0, 0.05) is 0 Å². The molecule has 0 atom stereocenters. The minimum absolute atomic E-state index is 0.223. The van der Waals surface area contributed by atoms with Gasteiger partial charge in [0.2, 0.25) is 8.38 Å². The predicted octanol–water partition coefficient (Wildman–Crippen LogP) is 1.50. The molecule has 0 N–H and O–H groups in total. The molecular formula is C6H13O4P. The fourth-order valence-electron chi connectivity index (χ4n) is 0.491. The van der Waals surface area contributed by atoms with Gasteiger partial charge in [0.05, 0.1) is 13.2 Å². The number of ether oxygens (including phenoxy) is 1. The Morgan fingerprint density at radius 2 is 1.82 bits per heavy atom. The molecule has 0 unspecified atom stereocenters. The molecule has 0 spiro atoms. The van der Waals surface area contributed by atoms with Gasteiger partial charge in [0.25, 0.3) is 6.47 Å². The van der Waals surface area contributed by atoms with E-state index in [0.717, 1.165) is 0 Å². The van der Waals surface area contributed by atoms with Crippen LogP contribution in [0.4, 0.5) is 0 Å². The summed E-state index contributed by atoms with van der Waals surface area (Å²) in [7, 11) is -1.02. The monoisotopic (exact) mass is 180 g/mol. The van der Waals surface area contributed by atoms with E-state index in [2.05, 4.69) is 4.74 Å². The summed E-state index contributed by atoms with van der Waals surface area (Å²) in [4.78, 5) is 9.79. The van der Waals surface area contributed by atoms with Crippen LogP contribution in [0.3, 0.4) is 0 Å². The average molecular weight is 180 g/mol. The Kier molecular flexibility index (Phi) is 7.79. The van der Waals surface area contributed by atoms with E-state index in [0.29, 0.717) is 19.7 Å². The lowest BCUT2D eigenvalue weighted by Crippen LogP contribution is -1.97. The van der Waals surface area contributed by atoms with Crippen LogP contribution in [0.15, 0.2) is 0 Å². The van der Waals surface area contributed by atoms with Gasteiger partial charge in [-0.3, -0.25) is 4.79 Å². The Hall–Kier alpha value is -0.180. The maximum absolute atomic E-state index is 9.79. The van der Waals surface area contributed by atoms with Crippen LogP contribution in [0, 0.1) is 0 Å². The highest BCUT2D eigenvalue weighted by Crippen LogP contribution is 2.37. The smallest absolute Gasteiger partial charge is 0.293 e. The number of hydrogen-bond acceptors (Lipinski definition) is 4. The maximum atomic E-state index is 9.79. The summed E-state index contributed by atoms with van der Waals surface area (Å²) < 4.78 is 14.8. The van der Waals surface area contributed by atoms with Crippen LogP contribution in [0.5, 0.6) is 0 Å². The SMILES string of the molecule is CCOP(COC=O)OCC. The summed E-state index contributed by atoms with van der Waals surface area (Å²) in [6.07, 6.45) is 0.223. The molecular weight excluding hydrogens is 167 g/mol. The third kappa shape index (κ3) is 6.23. The van der Waals surface area contributed by atoms with Gasteiger partial charge in [0.1, 0.15) is 0 Å². The normalized spacial score (nSPS) is 10.1. The van der Waals surface area contributed by atoms with Gasteiger partial charge in [-0.15, -0.1) is 0 Å². The van der Waals surface area contributed by atoms with Crippen LogP contribution in [0.1, 0.15) is 13.8 Å². The van der Waals surface area contributed by atoms with E-state index in [-0.39, 0.29) is 6.35 Å². The van der Waals surface area contributed by atoms with Crippen molar-refractivity contribution in [1.82, 2.24) is 0 Å². The average Bonchev–Trinajstić information content (AvgIpc) is 2.01. The first kappa shape index (κ1) is 10.8. The molecule has 0 rings (SSSR count). The Labute approximate surface area is 67.7 Å². The Morgan fingerprint density at radius 3 is 2.18 bits per heavy atom. The van der Waals surface area contributed by atoms with Crippen molar-refractivity contribution in [3.63, 3.8) is 0 Å². The van der Waals surface area contributed by atoms with Crippen molar-refractivity contribution in [2.24, 2.45) is 0 Å². The van der Waals surface area contributed by atoms with Gasteiger partial charge in [-0.25, -0.2) is 0 Å². The van der Waals surface area contributed by atoms with E-state index in [9.17, 15) is 4.79 Å². The van der Waals surface area contributed by atoms with Crippen molar-refractivity contribution in [2.45, 2.75) is 13.8 Å². The van der Waals surface area contributed by atoms with E-state index in [4.69, 9.17) is 9.05 Å². The third-order valence-corrected chi connectivity index (χ3v) is 2.25. The van der Waals surface area contributed by atoms with Gasteiger partial charge >= 0.3 is 0 Å². The predicted molar refractivity (Wildman–Crippen MR) is 42.2 cm³/mol. The lowest BCUT2D eigenvalue weighted by molar-refractivity contribution is -0.127. The first-order valence-electron chi connectivity index (χ1n) is 3.43. The Balaban J connectivity index is 3.41. The highest BCUT2D eigenvalue weighted by molar-refractivity contribution is 7.47. The topological polar surface area (TPSA) is 44.8 Å². The van der Waals surface area contributed by atoms with Crippen molar-refractivity contribution >= 4 is 14.8 Å². The lowest BCUT2D eigenvalue weighted by atomic mass is 10.9. The maximum Gasteiger partial charge on any atom is 0.293 e. The lowest BCUT2D eigenvalue weighted by Gasteiger charge is -2.13.